The number of aliphatic hydroxyl groups is 1. The first-order valence-electron chi connectivity index (χ1n) is 2.66. The maximum Gasteiger partial charge on any atom is 0.205 e. The van der Waals surface area contributed by atoms with Crippen molar-refractivity contribution in [3.8, 4) is 0 Å². The van der Waals surface area contributed by atoms with Crippen LogP contribution in [0.25, 0.3) is 0 Å². The van der Waals surface area contributed by atoms with E-state index in [0.717, 1.165) is 11.8 Å². The highest BCUT2D eigenvalue weighted by Crippen LogP contribution is 2.00. The highest BCUT2D eigenvalue weighted by molar-refractivity contribution is 8.13. The summed E-state index contributed by atoms with van der Waals surface area (Å²) in [7, 11) is 0. The van der Waals surface area contributed by atoms with E-state index in [2.05, 4.69) is 0 Å². The summed E-state index contributed by atoms with van der Waals surface area (Å²) in [6.45, 7) is -0.0204. The topological polar surface area (TPSA) is 63.3 Å². The third kappa shape index (κ3) is 3.51. The lowest BCUT2D eigenvalue weighted by Crippen LogP contribution is -2.28. The predicted molar refractivity (Wildman–Crippen MR) is 38.2 cm³/mol. The Morgan fingerprint density at radius 1 is 1.89 bits per heavy atom. The zero-order valence-electron chi connectivity index (χ0n) is 5.33. The van der Waals surface area contributed by atoms with Gasteiger partial charge in [-0.05, 0) is 12.7 Å². The summed E-state index contributed by atoms with van der Waals surface area (Å²) in [4.78, 5) is 10.6. The Balaban J connectivity index is 3.45. The molecule has 0 aromatic rings. The van der Waals surface area contributed by atoms with Gasteiger partial charge in [-0.3, -0.25) is 4.79 Å². The van der Waals surface area contributed by atoms with Crippen LogP contribution in [-0.2, 0) is 4.79 Å². The Kier molecular flexibility index (Phi) is 4.75. The van der Waals surface area contributed by atoms with Crippen LogP contribution in [0.1, 0.15) is 6.42 Å². The first kappa shape index (κ1) is 8.94. The van der Waals surface area contributed by atoms with Crippen molar-refractivity contribution in [2.45, 2.75) is 12.5 Å². The number of hydrogen-bond donors (Lipinski definition) is 2. The number of carbonyl (C=O) groups is 1. The van der Waals surface area contributed by atoms with Crippen molar-refractivity contribution in [1.29, 1.82) is 0 Å². The number of aliphatic hydroxyl groups excluding tert-OH is 1. The summed E-state index contributed by atoms with van der Waals surface area (Å²) in [5.41, 5.74) is 5.31. The molecule has 0 saturated heterocycles. The normalized spacial score (nSPS) is 13.2. The van der Waals surface area contributed by atoms with Crippen LogP contribution in [-0.4, -0.2) is 29.1 Å². The van der Waals surface area contributed by atoms with E-state index in [1.807, 2.05) is 0 Å². The van der Waals surface area contributed by atoms with E-state index in [4.69, 9.17) is 10.8 Å². The second-order valence-corrected chi connectivity index (χ2v) is 2.45. The fourth-order valence-electron chi connectivity index (χ4n) is 0.408. The first-order chi connectivity index (χ1) is 4.22. The second kappa shape index (κ2) is 4.78. The van der Waals surface area contributed by atoms with Gasteiger partial charge in [-0.15, -0.1) is 0 Å². The minimum absolute atomic E-state index is 0.0204. The van der Waals surface area contributed by atoms with Gasteiger partial charge in [-0.2, -0.15) is 0 Å². The molecule has 0 aliphatic carbocycles. The predicted octanol–water partition coefficient (Wildman–Crippen LogP) is -0.414. The molecule has 0 saturated carbocycles. The van der Waals surface area contributed by atoms with E-state index in [9.17, 15) is 4.79 Å². The first-order valence-corrected chi connectivity index (χ1v) is 3.89. The van der Waals surface area contributed by atoms with Crippen LogP contribution in [0.15, 0.2) is 0 Å². The molecule has 0 rings (SSSR count). The van der Waals surface area contributed by atoms with Gasteiger partial charge in [0.25, 0.3) is 0 Å². The number of thioether (sulfide) groups is 1. The van der Waals surface area contributed by atoms with Gasteiger partial charge in [0.2, 0.25) is 5.12 Å². The summed E-state index contributed by atoms with van der Waals surface area (Å²) in [5, 5.41) is 8.27. The zero-order chi connectivity index (χ0) is 7.28. The molecule has 1 atom stereocenters. The van der Waals surface area contributed by atoms with Crippen LogP contribution >= 0.6 is 11.8 Å². The van der Waals surface area contributed by atoms with Crippen LogP contribution in [0.4, 0.5) is 0 Å². The quantitative estimate of drug-likeness (QED) is 0.572. The summed E-state index contributed by atoms with van der Waals surface area (Å²) in [6.07, 6.45) is 2.04. The van der Waals surface area contributed by atoms with Crippen molar-refractivity contribution in [3.05, 3.63) is 0 Å². The van der Waals surface area contributed by atoms with Gasteiger partial charge in [-0.1, -0.05) is 11.8 Å². The molecule has 54 valence electrons. The summed E-state index contributed by atoms with van der Waals surface area (Å²) in [6, 6.07) is -0.495. The monoisotopic (exact) mass is 149 g/mol. The lowest BCUT2D eigenvalue weighted by molar-refractivity contribution is -0.112. The molecule has 0 aliphatic heterocycles. The number of rotatable bonds is 3. The van der Waals surface area contributed by atoms with E-state index in [0.29, 0.717) is 6.42 Å². The average Bonchev–Trinajstić information content (AvgIpc) is 1.87. The van der Waals surface area contributed by atoms with Gasteiger partial charge in [-0.25, -0.2) is 0 Å². The number of hydrogen-bond acceptors (Lipinski definition) is 4. The average molecular weight is 149 g/mol. The molecule has 0 unspecified atom stereocenters. The lowest BCUT2D eigenvalue weighted by Gasteiger charge is -2.04. The molecule has 3 nitrogen and oxygen atoms in total. The van der Waals surface area contributed by atoms with Gasteiger partial charge in [0.05, 0.1) is 6.04 Å². The maximum atomic E-state index is 10.6. The van der Waals surface area contributed by atoms with Gasteiger partial charge >= 0.3 is 0 Å². The number of carbonyl (C=O) groups excluding carboxylic acids is 1. The van der Waals surface area contributed by atoms with Crippen molar-refractivity contribution in [3.63, 3.8) is 0 Å². The van der Waals surface area contributed by atoms with E-state index in [-0.39, 0.29) is 11.7 Å². The third-order valence-corrected chi connectivity index (χ3v) is 1.65. The molecule has 0 fully saturated rings. The summed E-state index contributed by atoms with van der Waals surface area (Å²) < 4.78 is 0. The molecular weight excluding hydrogens is 138 g/mol. The molecule has 9 heavy (non-hydrogen) atoms. The SMILES string of the molecule is CSC(=O)[C@H](N)CCO. The van der Waals surface area contributed by atoms with Crippen molar-refractivity contribution in [2.24, 2.45) is 5.73 Å². The molecule has 0 aromatic heterocycles. The Morgan fingerprint density at radius 2 is 2.44 bits per heavy atom. The molecule has 0 amide bonds. The van der Waals surface area contributed by atoms with E-state index in [1.54, 1.807) is 6.26 Å². The van der Waals surface area contributed by atoms with Crippen LogP contribution in [0.5, 0.6) is 0 Å². The molecular formula is C5H11NO2S. The Bertz CT molecular complexity index is 97.0. The van der Waals surface area contributed by atoms with Crippen molar-refractivity contribution >= 4 is 16.9 Å². The smallest absolute Gasteiger partial charge is 0.205 e. The molecule has 0 aromatic carbocycles. The third-order valence-electron chi connectivity index (χ3n) is 0.944. The molecule has 0 aliphatic rings. The standard InChI is InChI=1S/C5H11NO2S/c1-9-5(8)4(6)2-3-7/h4,7H,2-3,6H2,1H3/t4-/m1/s1. The van der Waals surface area contributed by atoms with Crippen LogP contribution in [0.3, 0.4) is 0 Å². The fraction of sp³-hybridized carbons (Fsp3) is 0.800. The molecule has 0 heterocycles. The minimum atomic E-state index is -0.495. The van der Waals surface area contributed by atoms with Crippen molar-refractivity contribution in [2.75, 3.05) is 12.9 Å². The zero-order valence-corrected chi connectivity index (χ0v) is 6.15. The summed E-state index contributed by atoms with van der Waals surface area (Å²) >= 11 is 1.10. The molecule has 4 heteroatoms. The van der Waals surface area contributed by atoms with Gasteiger partial charge in [0, 0.05) is 6.61 Å². The van der Waals surface area contributed by atoms with E-state index < -0.39 is 6.04 Å². The van der Waals surface area contributed by atoms with Crippen LogP contribution < -0.4 is 5.73 Å². The van der Waals surface area contributed by atoms with Gasteiger partial charge in [0.1, 0.15) is 0 Å². The lowest BCUT2D eigenvalue weighted by atomic mass is 10.2. The highest BCUT2D eigenvalue weighted by atomic mass is 32.2. The fourth-order valence-corrected chi connectivity index (χ4v) is 0.829. The van der Waals surface area contributed by atoms with Gasteiger partial charge < -0.3 is 10.8 Å². The van der Waals surface area contributed by atoms with Crippen LogP contribution in [0, 0.1) is 0 Å². The molecule has 3 N–H and O–H groups in total. The second-order valence-electron chi connectivity index (χ2n) is 1.64. The highest BCUT2D eigenvalue weighted by Gasteiger charge is 2.09. The maximum absolute atomic E-state index is 10.6. The van der Waals surface area contributed by atoms with Gasteiger partial charge in [0.15, 0.2) is 0 Å². The Labute approximate surface area is 58.6 Å². The minimum Gasteiger partial charge on any atom is -0.396 e. The van der Waals surface area contributed by atoms with E-state index in [1.165, 1.54) is 0 Å². The summed E-state index contributed by atoms with van der Waals surface area (Å²) in [5.74, 6) is 0. The van der Waals surface area contributed by atoms with E-state index >= 15 is 0 Å². The van der Waals surface area contributed by atoms with Crippen molar-refractivity contribution < 1.29 is 9.90 Å². The Hall–Kier alpha value is -0.0600. The molecule has 0 radical (unpaired) electrons. The molecule has 0 bridgehead atoms. The number of nitrogens with two attached hydrogens (primary N) is 1. The van der Waals surface area contributed by atoms with Crippen LogP contribution in [0.2, 0.25) is 0 Å². The molecule has 0 spiro atoms. The van der Waals surface area contributed by atoms with Crippen molar-refractivity contribution in [1.82, 2.24) is 0 Å². The Morgan fingerprint density at radius 3 is 2.78 bits per heavy atom. The largest absolute Gasteiger partial charge is 0.396 e.